The van der Waals surface area contributed by atoms with Gasteiger partial charge in [0.2, 0.25) is 0 Å². The van der Waals surface area contributed by atoms with E-state index in [0.717, 1.165) is 0 Å². The fourth-order valence-electron chi connectivity index (χ4n) is 2.72. The maximum absolute atomic E-state index is 9.65. The van der Waals surface area contributed by atoms with Crippen LogP contribution in [0.1, 0.15) is 79.1 Å². The number of hydrogen-bond acceptors (Lipinski definition) is 3. The third-order valence-electron chi connectivity index (χ3n) is 4.46. The number of carbonyl (C=O) groups is 1. The van der Waals surface area contributed by atoms with E-state index >= 15 is 0 Å². The highest BCUT2D eigenvalue weighted by Gasteiger charge is 2.24. The van der Waals surface area contributed by atoms with Crippen LogP contribution in [0.4, 0.5) is 0 Å². The summed E-state index contributed by atoms with van der Waals surface area (Å²) in [6.45, 7) is 14.5. The molecule has 0 aliphatic heterocycles. The highest BCUT2D eigenvalue weighted by atomic mass is 16.4. The van der Waals surface area contributed by atoms with Gasteiger partial charge < -0.3 is 20.4 Å². The number of unbranched alkanes of at least 4 members (excludes halogenated alkanes) is 4. The van der Waals surface area contributed by atoms with E-state index < -0.39 is 18.6 Å². The van der Waals surface area contributed by atoms with Crippen molar-refractivity contribution < 1.29 is 19.5 Å². The summed E-state index contributed by atoms with van der Waals surface area (Å²) in [5, 5.41) is 15.9. The number of aliphatic hydroxyl groups excluding tert-OH is 1. The van der Waals surface area contributed by atoms with Gasteiger partial charge in [0.1, 0.15) is 6.04 Å². The zero-order chi connectivity index (χ0) is 18.8. The summed E-state index contributed by atoms with van der Waals surface area (Å²) < 4.78 is 1.42. The first-order valence-corrected chi connectivity index (χ1v) is 9.87. The van der Waals surface area contributed by atoms with Crippen molar-refractivity contribution >= 4 is 5.97 Å². The van der Waals surface area contributed by atoms with Gasteiger partial charge in [-0.15, -0.1) is 0 Å². The molecular weight excluding hydrogens is 304 g/mol. The normalized spacial score (nSPS) is 12.4. The second-order valence-electron chi connectivity index (χ2n) is 6.78. The number of carboxylic acid groups (broad SMARTS) is 1. The molecule has 0 aromatic rings. The number of hydrogen-bond donors (Lipinski definition) is 3. The molecule has 0 aromatic carbocycles. The van der Waals surface area contributed by atoms with E-state index in [-0.39, 0.29) is 0 Å². The smallest absolute Gasteiger partial charge is 0.322 e. The average Bonchev–Trinajstić information content (AvgIpc) is 2.60. The maximum atomic E-state index is 9.65. The van der Waals surface area contributed by atoms with E-state index in [9.17, 15) is 4.79 Å². The fourth-order valence-corrected chi connectivity index (χ4v) is 2.72. The summed E-state index contributed by atoms with van der Waals surface area (Å²) in [6.07, 6.45) is 11.1. The van der Waals surface area contributed by atoms with Crippen molar-refractivity contribution in [3.8, 4) is 0 Å². The molecule has 24 heavy (non-hydrogen) atoms. The molecule has 0 saturated heterocycles. The third-order valence-corrected chi connectivity index (χ3v) is 4.46. The molecule has 0 aromatic heterocycles. The van der Waals surface area contributed by atoms with Gasteiger partial charge in [-0.25, -0.2) is 0 Å². The van der Waals surface area contributed by atoms with Crippen LogP contribution < -0.4 is 5.73 Å². The molecule has 0 aliphatic carbocycles. The molecule has 0 radical (unpaired) electrons. The Balaban J connectivity index is 0. The molecule has 0 saturated carbocycles. The van der Waals surface area contributed by atoms with Gasteiger partial charge in [0.05, 0.1) is 32.8 Å². The van der Waals surface area contributed by atoms with Crippen LogP contribution in [0.2, 0.25) is 0 Å². The number of aliphatic carboxylic acids is 1. The molecule has 0 spiro atoms. The van der Waals surface area contributed by atoms with Crippen LogP contribution in [0, 0.1) is 0 Å². The van der Waals surface area contributed by atoms with E-state index in [1.54, 1.807) is 0 Å². The first kappa shape index (κ1) is 25.6. The summed E-state index contributed by atoms with van der Waals surface area (Å²) in [5.41, 5.74) is 4.77. The van der Waals surface area contributed by atoms with Crippen LogP contribution in [0.5, 0.6) is 0 Å². The lowest BCUT2D eigenvalue weighted by molar-refractivity contribution is -0.929. The first-order chi connectivity index (χ1) is 11.4. The second-order valence-corrected chi connectivity index (χ2v) is 6.78. The van der Waals surface area contributed by atoms with Gasteiger partial charge >= 0.3 is 5.97 Å². The number of carboxylic acids is 1. The Morgan fingerprint density at radius 2 is 1.12 bits per heavy atom. The van der Waals surface area contributed by atoms with Gasteiger partial charge in [-0.3, -0.25) is 4.79 Å². The molecule has 5 nitrogen and oxygen atoms in total. The SMILES string of the molecule is CCCC[N+](CCCC)(CCCC)CCCC.NC(CO)C(=O)O. The van der Waals surface area contributed by atoms with Crippen molar-refractivity contribution in [2.45, 2.75) is 85.1 Å². The highest BCUT2D eigenvalue weighted by Crippen LogP contribution is 2.16. The Morgan fingerprint density at radius 1 is 0.833 bits per heavy atom. The van der Waals surface area contributed by atoms with Crippen molar-refractivity contribution in [2.75, 3.05) is 32.8 Å². The standard InChI is InChI=1S/C16H36N.C3H7NO3/c1-5-9-13-17(14-10-6-2,15-11-7-3)16-12-8-4;4-2(1-5)3(6)7/h5-16H2,1-4H3;2,5H,1,4H2,(H,6,7)/q+1;. The van der Waals surface area contributed by atoms with Crippen LogP contribution in [-0.4, -0.2) is 59.5 Å². The fraction of sp³-hybridized carbons (Fsp3) is 0.947. The van der Waals surface area contributed by atoms with Crippen molar-refractivity contribution in [1.82, 2.24) is 0 Å². The second kappa shape index (κ2) is 17.2. The monoisotopic (exact) mass is 347 g/mol. The topological polar surface area (TPSA) is 83.5 Å². The molecular formula is C19H43N2O3+. The predicted octanol–water partition coefficient (Wildman–Crippen LogP) is 3.39. The van der Waals surface area contributed by atoms with Crippen molar-refractivity contribution in [2.24, 2.45) is 5.73 Å². The zero-order valence-corrected chi connectivity index (χ0v) is 16.6. The van der Waals surface area contributed by atoms with Crippen LogP contribution in [0.3, 0.4) is 0 Å². The Labute approximate surface area is 149 Å². The summed E-state index contributed by atoms with van der Waals surface area (Å²) in [4.78, 5) is 9.65. The van der Waals surface area contributed by atoms with Gasteiger partial charge in [0, 0.05) is 0 Å². The molecule has 5 heteroatoms. The molecule has 0 heterocycles. The predicted molar refractivity (Wildman–Crippen MR) is 102 cm³/mol. The lowest BCUT2D eigenvalue weighted by Crippen LogP contribution is -2.50. The maximum Gasteiger partial charge on any atom is 0.322 e. The van der Waals surface area contributed by atoms with Gasteiger partial charge in [-0.2, -0.15) is 0 Å². The van der Waals surface area contributed by atoms with E-state index in [0.29, 0.717) is 0 Å². The number of aliphatic hydroxyl groups is 1. The minimum atomic E-state index is -1.18. The third kappa shape index (κ3) is 13.8. The molecule has 0 rings (SSSR count). The Hall–Kier alpha value is -0.650. The van der Waals surface area contributed by atoms with Crippen LogP contribution in [0.15, 0.2) is 0 Å². The van der Waals surface area contributed by atoms with E-state index in [2.05, 4.69) is 27.7 Å². The molecule has 0 fully saturated rings. The largest absolute Gasteiger partial charge is 0.480 e. The van der Waals surface area contributed by atoms with Gasteiger partial charge in [-0.1, -0.05) is 53.4 Å². The van der Waals surface area contributed by atoms with Crippen LogP contribution in [0.25, 0.3) is 0 Å². The molecule has 0 bridgehead atoms. The first-order valence-electron chi connectivity index (χ1n) is 9.87. The molecule has 1 atom stereocenters. The highest BCUT2D eigenvalue weighted by molar-refractivity contribution is 5.73. The number of quaternary nitrogens is 1. The van der Waals surface area contributed by atoms with Crippen molar-refractivity contribution in [3.05, 3.63) is 0 Å². The lowest BCUT2D eigenvalue weighted by atomic mass is 10.1. The number of rotatable bonds is 14. The van der Waals surface area contributed by atoms with Gasteiger partial charge in [0.15, 0.2) is 0 Å². The Kier molecular flexibility index (Phi) is 18.3. The summed E-state index contributed by atoms with van der Waals surface area (Å²) in [5.74, 6) is -1.18. The van der Waals surface area contributed by atoms with E-state index in [1.807, 2.05) is 0 Å². The molecule has 4 N–H and O–H groups in total. The molecule has 0 amide bonds. The quantitative estimate of drug-likeness (QED) is 0.421. The molecule has 0 aliphatic rings. The van der Waals surface area contributed by atoms with E-state index in [1.165, 1.54) is 82.0 Å². The number of nitrogens with two attached hydrogens (primary N) is 1. The summed E-state index contributed by atoms with van der Waals surface area (Å²) in [6, 6.07) is -1.13. The Morgan fingerprint density at radius 3 is 1.25 bits per heavy atom. The van der Waals surface area contributed by atoms with Crippen LogP contribution >= 0.6 is 0 Å². The molecule has 146 valence electrons. The average molecular weight is 348 g/mol. The van der Waals surface area contributed by atoms with E-state index in [4.69, 9.17) is 15.9 Å². The number of nitrogens with zero attached hydrogens (tertiary/aromatic N) is 1. The Bertz CT molecular complexity index is 248. The minimum absolute atomic E-state index is 0.505. The summed E-state index contributed by atoms with van der Waals surface area (Å²) >= 11 is 0. The van der Waals surface area contributed by atoms with Gasteiger partial charge in [-0.05, 0) is 25.7 Å². The molecule has 1 unspecified atom stereocenters. The zero-order valence-electron chi connectivity index (χ0n) is 16.6. The minimum Gasteiger partial charge on any atom is -0.480 e. The van der Waals surface area contributed by atoms with Crippen molar-refractivity contribution in [3.63, 3.8) is 0 Å². The lowest BCUT2D eigenvalue weighted by Gasteiger charge is -2.39. The van der Waals surface area contributed by atoms with Gasteiger partial charge in [0.25, 0.3) is 0 Å². The van der Waals surface area contributed by atoms with Crippen molar-refractivity contribution in [1.29, 1.82) is 0 Å². The summed E-state index contributed by atoms with van der Waals surface area (Å²) in [7, 11) is 0. The van der Waals surface area contributed by atoms with Crippen LogP contribution in [-0.2, 0) is 4.79 Å².